The van der Waals surface area contributed by atoms with Gasteiger partial charge in [-0.2, -0.15) is 0 Å². The molecular formula is C9H14O2. The highest BCUT2D eigenvalue weighted by molar-refractivity contribution is 5.88. The molecule has 0 bridgehead atoms. The number of rotatable bonds is 6. The Kier molecular flexibility index (Phi) is 5.35. The summed E-state index contributed by atoms with van der Waals surface area (Å²) in [6.45, 7) is 4.92. The molecule has 0 aromatic carbocycles. The number of ketones is 2. The zero-order chi connectivity index (χ0) is 8.69. The lowest BCUT2D eigenvalue weighted by molar-refractivity contribution is -0.118. The summed E-state index contributed by atoms with van der Waals surface area (Å²) in [5, 5.41) is 0. The Hall–Kier alpha value is -0.920. The predicted molar refractivity (Wildman–Crippen MR) is 44.4 cm³/mol. The third-order valence-corrected chi connectivity index (χ3v) is 1.43. The van der Waals surface area contributed by atoms with Crippen LogP contribution < -0.4 is 0 Å². The van der Waals surface area contributed by atoms with Crippen molar-refractivity contribution in [2.75, 3.05) is 0 Å². The lowest BCUT2D eigenvalue weighted by atomic mass is 10.1. The Morgan fingerprint density at radius 1 is 1.27 bits per heavy atom. The second kappa shape index (κ2) is 5.83. The van der Waals surface area contributed by atoms with Gasteiger partial charge in [-0.15, -0.1) is 0 Å². The number of Topliss-reactive ketones (excluding diaryl/α,β-unsaturated/α-hetero) is 1. The molecule has 0 spiro atoms. The molecule has 0 aromatic heterocycles. The highest BCUT2D eigenvalue weighted by Gasteiger charge is 1.96. The van der Waals surface area contributed by atoms with E-state index in [4.69, 9.17) is 0 Å². The quantitative estimate of drug-likeness (QED) is 0.432. The third-order valence-electron chi connectivity index (χ3n) is 1.43. The van der Waals surface area contributed by atoms with Crippen LogP contribution in [0.15, 0.2) is 12.7 Å². The molecule has 0 rings (SSSR count). The first-order valence-electron chi connectivity index (χ1n) is 3.81. The van der Waals surface area contributed by atoms with Gasteiger partial charge in [0.05, 0.1) is 0 Å². The Morgan fingerprint density at radius 3 is 2.27 bits per heavy atom. The molecule has 0 fully saturated rings. The van der Waals surface area contributed by atoms with Crippen molar-refractivity contribution in [2.24, 2.45) is 0 Å². The molecule has 0 amide bonds. The van der Waals surface area contributed by atoms with Gasteiger partial charge in [0.25, 0.3) is 0 Å². The van der Waals surface area contributed by atoms with Crippen LogP contribution in [0, 0.1) is 0 Å². The van der Waals surface area contributed by atoms with Crippen LogP contribution in [0.1, 0.15) is 32.6 Å². The van der Waals surface area contributed by atoms with Crippen LogP contribution in [0.2, 0.25) is 0 Å². The number of carbonyl (C=O) groups excluding carboxylic acids is 2. The highest BCUT2D eigenvalue weighted by atomic mass is 16.1. The van der Waals surface area contributed by atoms with Gasteiger partial charge in [-0.05, 0) is 25.8 Å². The molecule has 0 unspecified atom stereocenters. The minimum atomic E-state index is 0.0635. The molecule has 0 radical (unpaired) electrons. The van der Waals surface area contributed by atoms with Crippen LogP contribution in [0.3, 0.4) is 0 Å². The van der Waals surface area contributed by atoms with Gasteiger partial charge in [-0.25, -0.2) is 0 Å². The third kappa shape index (κ3) is 6.97. The van der Waals surface area contributed by atoms with E-state index in [0.29, 0.717) is 12.8 Å². The molecule has 0 aliphatic heterocycles. The van der Waals surface area contributed by atoms with Crippen molar-refractivity contribution in [2.45, 2.75) is 32.6 Å². The number of allylic oxidation sites excluding steroid dienone is 1. The second-order valence-electron chi connectivity index (χ2n) is 2.58. The monoisotopic (exact) mass is 154 g/mol. The maximum atomic E-state index is 10.7. The summed E-state index contributed by atoms with van der Waals surface area (Å²) in [7, 11) is 0. The Balaban J connectivity index is 3.21. The molecule has 0 atom stereocenters. The molecule has 0 aliphatic rings. The topological polar surface area (TPSA) is 34.1 Å². The second-order valence-corrected chi connectivity index (χ2v) is 2.58. The summed E-state index contributed by atoms with van der Waals surface area (Å²) in [6, 6.07) is 0. The van der Waals surface area contributed by atoms with Crippen molar-refractivity contribution in [3.05, 3.63) is 12.7 Å². The van der Waals surface area contributed by atoms with E-state index in [0.717, 1.165) is 12.8 Å². The van der Waals surface area contributed by atoms with E-state index >= 15 is 0 Å². The largest absolute Gasteiger partial charge is 0.300 e. The first kappa shape index (κ1) is 10.1. The molecule has 0 aliphatic carbocycles. The molecule has 2 heteroatoms. The normalized spacial score (nSPS) is 9.18. The van der Waals surface area contributed by atoms with Crippen molar-refractivity contribution in [1.82, 2.24) is 0 Å². The Labute approximate surface area is 67.3 Å². The number of unbranched alkanes of at least 4 members (excludes halogenated alkanes) is 1. The van der Waals surface area contributed by atoms with Gasteiger partial charge >= 0.3 is 0 Å². The van der Waals surface area contributed by atoms with E-state index in [1.54, 1.807) is 6.92 Å². The van der Waals surface area contributed by atoms with Gasteiger partial charge < -0.3 is 4.79 Å². The Morgan fingerprint density at radius 2 is 1.82 bits per heavy atom. The molecule has 62 valence electrons. The average molecular weight is 154 g/mol. The van der Waals surface area contributed by atoms with Crippen LogP contribution in [-0.4, -0.2) is 11.6 Å². The van der Waals surface area contributed by atoms with E-state index in [9.17, 15) is 9.59 Å². The zero-order valence-corrected chi connectivity index (χ0v) is 6.93. The van der Waals surface area contributed by atoms with E-state index in [-0.39, 0.29) is 11.6 Å². The van der Waals surface area contributed by atoms with Crippen molar-refractivity contribution >= 4 is 11.6 Å². The first-order chi connectivity index (χ1) is 5.16. The van der Waals surface area contributed by atoms with Crippen molar-refractivity contribution in [3.8, 4) is 0 Å². The van der Waals surface area contributed by atoms with Crippen LogP contribution in [0.25, 0.3) is 0 Å². The summed E-state index contributed by atoms with van der Waals surface area (Å²) in [5.41, 5.74) is 0. The fourth-order valence-electron chi connectivity index (χ4n) is 0.775. The van der Waals surface area contributed by atoms with E-state index in [1.807, 2.05) is 0 Å². The van der Waals surface area contributed by atoms with Gasteiger partial charge in [0.2, 0.25) is 0 Å². The average Bonchev–Trinajstić information content (AvgIpc) is 1.97. The lowest BCUT2D eigenvalue weighted by Gasteiger charge is -1.94. The maximum absolute atomic E-state index is 10.7. The van der Waals surface area contributed by atoms with Gasteiger partial charge in [0.1, 0.15) is 5.78 Å². The number of hydrogen-bond acceptors (Lipinski definition) is 2. The zero-order valence-electron chi connectivity index (χ0n) is 6.93. The van der Waals surface area contributed by atoms with Crippen molar-refractivity contribution < 1.29 is 9.59 Å². The lowest BCUT2D eigenvalue weighted by Crippen LogP contribution is -1.94. The minimum Gasteiger partial charge on any atom is -0.300 e. The smallest absolute Gasteiger partial charge is 0.155 e. The van der Waals surface area contributed by atoms with Crippen LogP contribution in [0.5, 0.6) is 0 Å². The van der Waals surface area contributed by atoms with Crippen LogP contribution in [0.4, 0.5) is 0 Å². The highest BCUT2D eigenvalue weighted by Crippen LogP contribution is 2.01. The predicted octanol–water partition coefficient (Wildman–Crippen LogP) is 1.89. The molecule has 0 saturated heterocycles. The molecule has 0 aromatic rings. The fraction of sp³-hybridized carbons (Fsp3) is 0.556. The minimum absolute atomic E-state index is 0.0635. The summed E-state index contributed by atoms with van der Waals surface area (Å²) in [5.74, 6) is 0.254. The molecular weight excluding hydrogens is 140 g/mol. The van der Waals surface area contributed by atoms with Crippen LogP contribution in [-0.2, 0) is 9.59 Å². The van der Waals surface area contributed by atoms with Crippen molar-refractivity contribution in [3.63, 3.8) is 0 Å². The fourth-order valence-corrected chi connectivity index (χ4v) is 0.775. The molecule has 0 saturated carbocycles. The number of carbonyl (C=O) groups is 2. The summed E-state index contributed by atoms with van der Waals surface area (Å²) in [6.07, 6.45) is 4.05. The van der Waals surface area contributed by atoms with E-state index in [2.05, 4.69) is 6.58 Å². The van der Waals surface area contributed by atoms with E-state index < -0.39 is 0 Å². The van der Waals surface area contributed by atoms with Crippen molar-refractivity contribution in [1.29, 1.82) is 0 Å². The van der Waals surface area contributed by atoms with Gasteiger partial charge in [0, 0.05) is 12.8 Å². The Bertz CT molecular complexity index is 159. The molecule has 2 nitrogen and oxygen atoms in total. The van der Waals surface area contributed by atoms with Gasteiger partial charge in [-0.3, -0.25) is 4.79 Å². The van der Waals surface area contributed by atoms with Gasteiger partial charge in [-0.1, -0.05) is 6.58 Å². The molecule has 11 heavy (non-hydrogen) atoms. The molecule has 0 N–H and O–H groups in total. The van der Waals surface area contributed by atoms with E-state index in [1.165, 1.54) is 6.08 Å². The van der Waals surface area contributed by atoms with Gasteiger partial charge in [0.15, 0.2) is 5.78 Å². The summed E-state index contributed by atoms with van der Waals surface area (Å²) >= 11 is 0. The summed E-state index contributed by atoms with van der Waals surface area (Å²) in [4.78, 5) is 21.1. The maximum Gasteiger partial charge on any atom is 0.155 e. The standard InChI is InChI=1S/C9H14O2/c1-3-9(11)7-5-4-6-8(2)10/h3H,1,4-7H2,2H3. The molecule has 0 heterocycles. The SMILES string of the molecule is C=CC(=O)CCCCC(C)=O. The van der Waals surface area contributed by atoms with Crippen LogP contribution >= 0.6 is 0 Å². The number of hydrogen-bond donors (Lipinski definition) is 0. The first-order valence-corrected chi connectivity index (χ1v) is 3.81. The summed E-state index contributed by atoms with van der Waals surface area (Å²) < 4.78 is 0.